The van der Waals surface area contributed by atoms with E-state index in [2.05, 4.69) is 0 Å². The van der Waals surface area contributed by atoms with E-state index in [1.807, 2.05) is 36.4 Å². The van der Waals surface area contributed by atoms with Gasteiger partial charge in [-0.3, -0.25) is 0 Å². The molecule has 16 aromatic rings. The molecule has 16 aromatic carbocycles. The zero-order valence-electron chi connectivity index (χ0n) is 55.0. The molecule has 0 spiro atoms. The molecule has 0 aliphatic rings. The van der Waals surface area contributed by atoms with E-state index in [1.54, 1.807) is 18.2 Å². The Balaban J connectivity index is 0.892. The molecule has 0 atom stereocenters. The maximum atomic E-state index is 12.3. The zero-order valence-corrected chi connectivity index (χ0v) is 55.0. The Labute approximate surface area is 608 Å². The van der Waals surface area contributed by atoms with Crippen molar-refractivity contribution in [2.75, 3.05) is 0 Å². The number of aromatic hydroxyl groups is 29. The first-order valence-electron chi connectivity index (χ1n) is 32.1. The van der Waals surface area contributed by atoms with Crippen LogP contribution in [0.25, 0.3) is 153 Å². The maximum absolute atomic E-state index is 12.3. The first-order chi connectivity index (χ1) is 52.2. The van der Waals surface area contributed by atoms with Crippen LogP contribution < -0.4 is 4.74 Å². The molecule has 0 fully saturated rings. The van der Waals surface area contributed by atoms with Crippen LogP contribution in [0.5, 0.6) is 178 Å². The molecule has 29 N–H and O–H groups in total. The highest BCUT2D eigenvalue weighted by Gasteiger charge is 2.41. The summed E-state index contributed by atoms with van der Waals surface area (Å²) in [5.41, 5.74) is -4.20. The van der Waals surface area contributed by atoms with E-state index in [-0.39, 0.29) is 38.8 Å². The van der Waals surface area contributed by atoms with Crippen LogP contribution in [0.2, 0.25) is 0 Å². The van der Waals surface area contributed by atoms with Crippen LogP contribution in [0.1, 0.15) is 0 Å². The summed E-state index contributed by atoms with van der Waals surface area (Å²) in [6.07, 6.45) is 0. The molecular weight excluding hydrogens is 1440 g/mol. The lowest BCUT2D eigenvalue weighted by Crippen LogP contribution is -1.97. The molecular formula is C80H50O30. The highest BCUT2D eigenvalue weighted by molar-refractivity contribution is 6.34. The van der Waals surface area contributed by atoms with Crippen LogP contribution in [-0.2, 0) is 0 Å². The first-order valence-corrected chi connectivity index (χ1v) is 32.1. The molecule has 0 aliphatic heterocycles. The average Bonchev–Trinajstić information content (AvgIpc) is 0.692. The van der Waals surface area contributed by atoms with Gasteiger partial charge in [0.25, 0.3) is 0 Å². The van der Waals surface area contributed by atoms with Gasteiger partial charge in [0, 0.05) is 87.2 Å². The number of hydrogen-bond acceptors (Lipinski definition) is 30. The van der Waals surface area contributed by atoms with Crippen molar-refractivity contribution < 1.29 is 153 Å². The molecule has 30 heteroatoms. The Morgan fingerprint density at radius 3 is 0.891 bits per heavy atom. The van der Waals surface area contributed by atoms with Crippen molar-refractivity contribution in [3.63, 3.8) is 0 Å². The van der Waals surface area contributed by atoms with E-state index >= 15 is 0 Å². The van der Waals surface area contributed by atoms with Crippen LogP contribution in [0.4, 0.5) is 0 Å². The van der Waals surface area contributed by atoms with E-state index in [9.17, 15) is 148 Å². The quantitative estimate of drug-likeness (QED) is 0.0382. The molecule has 0 aromatic heterocycles. The van der Waals surface area contributed by atoms with Gasteiger partial charge in [0.05, 0.1) is 10.8 Å². The van der Waals surface area contributed by atoms with Crippen molar-refractivity contribution in [3.8, 4) is 245 Å². The monoisotopic (exact) mass is 1490 g/mol. The van der Waals surface area contributed by atoms with E-state index < -0.39 is 271 Å². The van der Waals surface area contributed by atoms with Crippen molar-refractivity contribution in [2.45, 2.75) is 0 Å². The second kappa shape index (κ2) is 23.3. The summed E-state index contributed by atoms with van der Waals surface area (Å²) in [5.74, 6) is -44.3. The number of fused-ring (bicyclic) bond motifs is 8. The molecule has 0 radical (unpaired) electrons. The number of benzene rings is 16. The third kappa shape index (κ3) is 8.84. The summed E-state index contributed by atoms with van der Waals surface area (Å²) in [5, 5.41) is 327. The second-order valence-corrected chi connectivity index (χ2v) is 25.7. The molecule has 0 aliphatic carbocycles. The smallest absolute Gasteiger partial charge is 0.206 e. The summed E-state index contributed by atoms with van der Waals surface area (Å²) in [6.45, 7) is 0. The Hall–Kier alpha value is -16.4. The largest absolute Gasteiger partial charge is 0.504 e. The van der Waals surface area contributed by atoms with E-state index in [0.717, 1.165) is 16.3 Å². The molecule has 110 heavy (non-hydrogen) atoms. The molecule has 550 valence electrons. The summed E-state index contributed by atoms with van der Waals surface area (Å²) < 4.78 is 6.24. The summed E-state index contributed by atoms with van der Waals surface area (Å²) >= 11 is 0. The minimum atomic E-state index is -1.59. The van der Waals surface area contributed by atoms with Gasteiger partial charge in [0.15, 0.2) is 92.0 Å². The molecule has 0 heterocycles. The SMILES string of the molecule is Oc1c(O)c(O)c2c(-c3c4c(O)c(O)c(O)c(O)c4c(-c4cccc(-c5cccc6cc(Oc7c(O)c(O)c(O)c8c(-c9c%10c(O)c(O)c(O)c(O)c%10c(-c%10ccc(-c%11cccc%12ccccc%11%12)cc%10)c%10c(O)c(O)c(O)c(O)c9%10)c(O)c(O)c(O)c78)ccc56)c4)c4c(O)c(O)c(O)c(O)c34)c(O)c(O)c(O)c2c1O. The molecule has 16 rings (SSSR count). The summed E-state index contributed by atoms with van der Waals surface area (Å²) in [4.78, 5) is 0. The number of phenolic OH excluding ortho intramolecular Hbond substituents is 29. The predicted molar refractivity (Wildman–Crippen MR) is 394 cm³/mol. The van der Waals surface area contributed by atoms with Crippen molar-refractivity contribution in [1.29, 1.82) is 0 Å². The topological polar surface area (TPSA) is 596 Å². The third-order valence-corrected chi connectivity index (χ3v) is 20.0. The Morgan fingerprint density at radius 1 is 0.164 bits per heavy atom. The highest BCUT2D eigenvalue weighted by Crippen LogP contribution is 2.70. The van der Waals surface area contributed by atoms with Crippen LogP contribution >= 0.6 is 0 Å². The minimum Gasteiger partial charge on any atom is -0.504 e. The fourth-order valence-electron chi connectivity index (χ4n) is 15.0. The standard InChI is InChI=1S/C80H50O30/c81-51-37-33(24-16-14-23(15-17-24)30-12-4-7-22-6-1-2-11-29(22)30)38-42(58(88)73(103)69(99)52(38)82)36(41(37)57(87)72(102)68(51)98)46-48-50(65(95)67(97)56(46)86)80(79(109)78(108)62(48)92)110-28-18-19-32-26(21-28)9-5-13-31(32)25-8-3-10-27(20-25)34-39-43(59(89)74(104)70(100)53(39)83)35(44-40(34)54(84)71(101)75(105)60(44)90)45-47-49(63(93)66(96)55(45)85)64(94)77(107)76(106)61(47)91/h1-21,81-109H. The normalized spacial score (nSPS) is 11.8. The van der Waals surface area contributed by atoms with E-state index in [4.69, 9.17) is 4.74 Å². The van der Waals surface area contributed by atoms with Crippen LogP contribution in [0, 0.1) is 0 Å². The maximum Gasteiger partial charge on any atom is 0.206 e. The lowest BCUT2D eigenvalue weighted by atomic mass is 9.81. The van der Waals surface area contributed by atoms with Crippen molar-refractivity contribution in [3.05, 3.63) is 127 Å². The summed E-state index contributed by atoms with van der Waals surface area (Å²) in [7, 11) is 0. The zero-order chi connectivity index (χ0) is 78.6. The fraction of sp³-hybridized carbons (Fsp3) is 0. The van der Waals surface area contributed by atoms with Crippen molar-refractivity contribution in [1.82, 2.24) is 0 Å². The lowest BCUT2D eigenvalue weighted by molar-refractivity contribution is 0.347. The fourth-order valence-corrected chi connectivity index (χ4v) is 15.0. The van der Waals surface area contributed by atoms with Gasteiger partial charge < -0.3 is 153 Å². The molecule has 30 nitrogen and oxygen atoms in total. The molecule has 0 bridgehead atoms. The van der Waals surface area contributed by atoms with Gasteiger partial charge in [-0.2, -0.15) is 0 Å². The van der Waals surface area contributed by atoms with Crippen molar-refractivity contribution in [2.24, 2.45) is 0 Å². The van der Waals surface area contributed by atoms with Gasteiger partial charge >= 0.3 is 0 Å². The number of phenols is 29. The minimum absolute atomic E-state index is 0.0614. The van der Waals surface area contributed by atoms with Gasteiger partial charge in [-0.05, 0) is 73.1 Å². The number of hydrogen-bond donors (Lipinski definition) is 29. The van der Waals surface area contributed by atoms with Crippen molar-refractivity contribution >= 4 is 86.2 Å². The summed E-state index contributed by atoms with van der Waals surface area (Å²) in [6, 6.07) is 32.7. The first kappa shape index (κ1) is 68.1. The van der Waals surface area contributed by atoms with Crippen LogP contribution in [-0.4, -0.2) is 148 Å². The molecule has 0 amide bonds. The van der Waals surface area contributed by atoms with Gasteiger partial charge in [-0.15, -0.1) is 0 Å². The average molecular weight is 1490 g/mol. The number of rotatable bonds is 8. The number of ether oxygens (including phenoxy) is 1. The van der Waals surface area contributed by atoms with Gasteiger partial charge in [0.1, 0.15) is 5.75 Å². The highest BCUT2D eigenvalue weighted by atomic mass is 16.5. The lowest BCUT2D eigenvalue weighted by Gasteiger charge is -2.25. The third-order valence-electron chi connectivity index (χ3n) is 20.0. The van der Waals surface area contributed by atoms with E-state index in [0.29, 0.717) is 5.56 Å². The molecule has 0 unspecified atom stereocenters. The Bertz CT molecular complexity index is 6800. The molecule has 0 saturated carbocycles. The Kier molecular flexibility index (Phi) is 14.4. The van der Waals surface area contributed by atoms with Crippen LogP contribution in [0.15, 0.2) is 127 Å². The second-order valence-electron chi connectivity index (χ2n) is 25.7. The van der Waals surface area contributed by atoms with Gasteiger partial charge in [-0.1, -0.05) is 109 Å². The predicted octanol–water partition coefficient (Wildman–Crippen LogP) is 14.2. The van der Waals surface area contributed by atoms with E-state index in [1.165, 1.54) is 72.8 Å². The van der Waals surface area contributed by atoms with Gasteiger partial charge in [-0.25, -0.2) is 0 Å². The molecule has 0 saturated heterocycles. The Morgan fingerprint density at radius 2 is 0.455 bits per heavy atom. The van der Waals surface area contributed by atoms with Gasteiger partial charge in [0.2, 0.25) is 80.5 Å². The van der Waals surface area contributed by atoms with Crippen LogP contribution in [0.3, 0.4) is 0 Å².